The Morgan fingerprint density at radius 3 is 1.90 bits per heavy atom. The second-order valence-electron chi connectivity index (χ2n) is 8.56. The lowest BCUT2D eigenvalue weighted by molar-refractivity contribution is -0.140. The lowest BCUT2D eigenvalue weighted by Crippen LogP contribution is -2.47. The lowest BCUT2D eigenvalue weighted by Gasteiger charge is -2.20. The van der Waals surface area contributed by atoms with Gasteiger partial charge in [0.15, 0.2) is 0 Å². The van der Waals surface area contributed by atoms with E-state index in [2.05, 4.69) is 15.9 Å². The Morgan fingerprint density at radius 2 is 1.43 bits per heavy atom. The van der Waals surface area contributed by atoms with Crippen LogP contribution in [0, 0.1) is 0 Å². The van der Waals surface area contributed by atoms with Crippen molar-refractivity contribution < 1.29 is 66.7 Å². The van der Waals surface area contributed by atoms with Crippen molar-refractivity contribution in [3.8, 4) is 0 Å². The topological polar surface area (TPSA) is 58.2 Å². The Hall–Kier alpha value is -3.31. The predicted octanol–water partition coefficient (Wildman–Crippen LogP) is 7.94. The van der Waals surface area contributed by atoms with Gasteiger partial charge in [-0.25, -0.2) is 4.39 Å². The van der Waals surface area contributed by atoms with E-state index in [0.29, 0.717) is 30.3 Å². The SMILES string of the molecule is CC(NC(=O)c1ccc(/C(F)=C/C(c2ccc(C(F)(F)F)c(Br)c2)C(F)(F)F)cc1C(F)(F)F)C(=O)NCC(F)(F)F. The molecule has 0 heterocycles. The summed E-state index contributed by atoms with van der Waals surface area (Å²) in [5, 5.41) is 3.12. The Morgan fingerprint density at radius 1 is 0.857 bits per heavy atom. The molecule has 0 fully saturated rings. The van der Waals surface area contributed by atoms with Crippen LogP contribution in [-0.2, 0) is 17.1 Å². The van der Waals surface area contributed by atoms with Crippen LogP contribution in [-0.4, -0.2) is 36.8 Å². The van der Waals surface area contributed by atoms with Crippen LogP contribution in [0.1, 0.15) is 45.5 Å². The van der Waals surface area contributed by atoms with Crippen LogP contribution in [0.3, 0.4) is 0 Å². The molecule has 2 unspecified atom stereocenters. The first kappa shape index (κ1) is 34.9. The number of alkyl halides is 12. The second kappa shape index (κ2) is 12.5. The fraction of sp³-hybridized carbons (Fsp3) is 0.333. The van der Waals surface area contributed by atoms with Gasteiger partial charge in [-0.05, 0) is 42.8 Å². The van der Waals surface area contributed by atoms with E-state index >= 15 is 0 Å². The Kier molecular flexibility index (Phi) is 10.4. The lowest BCUT2D eigenvalue weighted by atomic mass is 9.94. The highest BCUT2D eigenvalue weighted by molar-refractivity contribution is 9.10. The number of benzene rings is 2. The predicted molar refractivity (Wildman–Crippen MR) is 124 cm³/mol. The summed E-state index contributed by atoms with van der Waals surface area (Å²) >= 11 is 2.49. The number of carbonyl (C=O) groups excluding carboxylic acids is 2. The molecule has 2 aromatic rings. The molecule has 2 amide bonds. The zero-order valence-electron chi connectivity index (χ0n) is 20.5. The summed E-state index contributed by atoms with van der Waals surface area (Å²) in [7, 11) is 0. The van der Waals surface area contributed by atoms with Gasteiger partial charge in [0, 0.05) is 10.0 Å². The average molecular weight is 691 g/mol. The van der Waals surface area contributed by atoms with Gasteiger partial charge in [-0.15, -0.1) is 0 Å². The number of nitrogens with one attached hydrogen (secondary N) is 2. The minimum Gasteiger partial charge on any atom is -0.345 e. The van der Waals surface area contributed by atoms with Crippen molar-refractivity contribution in [2.45, 2.75) is 43.6 Å². The van der Waals surface area contributed by atoms with Crippen LogP contribution in [0.15, 0.2) is 46.9 Å². The quantitative estimate of drug-likeness (QED) is 0.290. The third-order valence-electron chi connectivity index (χ3n) is 5.37. The largest absolute Gasteiger partial charge is 0.417 e. The molecule has 2 aromatic carbocycles. The first-order valence-electron chi connectivity index (χ1n) is 11.1. The maximum atomic E-state index is 14.9. The van der Waals surface area contributed by atoms with E-state index in [1.165, 1.54) is 5.32 Å². The number of hydrogen-bond donors (Lipinski definition) is 2. The number of hydrogen-bond acceptors (Lipinski definition) is 2. The van der Waals surface area contributed by atoms with Gasteiger partial charge in [-0.3, -0.25) is 9.59 Å². The van der Waals surface area contributed by atoms with Crippen LogP contribution < -0.4 is 10.6 Å². The van der Waals surface area contributed by atoms with E-state index < -0.39 is 93.1 Å². The summed E-state index contributed by atoms with van der Waals surface area (Å²) in [5.74, 6) is -7.83. The van der Waals surface area contributed by atoms with E-state index in [4.69, 9.17) is 0 Å². The molecule has 0 aliphatic heterocycles. The van der Waals surface area contributed by atoms with Crippen molar-refractivity contribution in [2.75, 3.05) is 6.54 Å². The van der Waals surface area contributed by atoms with Crippen LogP contribution in [0.5, 0.6) is 0 Å². The fourth-order valence-electron chi connectivity index (χ4n) is 3.38. The van der Waals surface area contributed by atoms with Crippen LogP contribution in [0.4, 0.5) is 57.1 Å². The van der Waals surface area contributed by atoms with Crippen LogP contribution in [0.2, 0.25) is 0 Å². The summed E-state index contributed by atoms with van der Waals surface area (Å²) in [6, 6.07) is 0.183. The van der Waals surface area contributed by atoms with Crippen molar-refractivity contribution in [3.63, 3.8) is 0 Å². The van der Waals surface area contributed by atoms with E-state index in [-0.39, 0.29) is 12.1 Å². The molecule has 4 nitrogen and oxygen atoms in total. The second-order valence-corrected chi connectivity index (χ2v) is 9.41. The Labute approximate surface area is 236 Å². The smallest absolute Gasteiger partial charge is 0.345 e. The molecule has 2 rings (SSSR count). The van der Waals surface area contributed by atoms with E-state index in [9.17, 15) is 66.7 Å². The zero-order valence-corrected chi connectivity index (χ0v) is 22.1. The Bertz CT molecular complexity index is 1350. The van der Waals surface area contributed by atoms with Crippen molar-refractivity contribution >= 4 is 33.6 Å². The molecule has 0 aromatic heterocycles. The minimum atomic E-state index is -5.41. The molecule has 0 radical (unpaired) electrons. The molecular formula is C24H16BrF13N2O2. The van der Waals surface area contributed by atoms with Crippen molar-refractivity contribution in [1.29, 1.82) is 0 Å². The van der Waals surface area contributed by atoms with Gasteiger partial charge >= 0.3 is 24.7 Å². The zero-order chi connectivity index (χ0) is 32.4. The molecular weight excluding hydrogens is 675 g/mol. The molecule has 232 valence electrons. The van der Waals surface area contributed by atoms with Crippen molar-refractivity contribution in [1.82, 2.24) is 10.6 Å². The summed E-state index contributed by atoms with van der Waals surface area (Å²) in [4.78, 5) is 24.1. The molecule has 18 heteroatoms. The monoisotopic (exact) mass is 690 g/mol. The molecule has 0 spiro atoms. The first-order chi connectivity index (χ1) is 18.9. The third-order valence-corrected chi connectivity index (χ3v) is 6.03. The van der Waals surface area contributed by atoms with Gasteiger partial charge in [0.25, 0.3) is 5.91 Å². The van der Waals surface area contributed by atoms with Gasteiger partial charge in [0.1, 0.15) is 24.3 Å². The molecule has 2 N–H and O–H groups in total. The van der Waals surface area contributed by atoms with Crippen LogP contribution in [0.25, 0.3) is 5.83 Å². The fourth-order valence-corrected chi connectivity index (χ4v) is 4.00. The normalized spacial score (nSPS) is 14.8. The summed E-state index contributed by atoms with van der Waals surface area (Å²) < 4.78 is 172. The van der Waals surface area contributed by atoms with Gasteiger partial charge in [-0.1, -0.05) is 28.1 Å². The highest BCUT2D eigenvalue weighted by Crippen LogP contribution is 2.42. The van der Waals surface area contributed by atoms with Crippen LogP contribution >= 0.6 is 15.9 Å². The van der Waals surface area contributed by atoms with Gasteiger partial charge < -0.3 is 10.6 Å². The molecule has 0 aliphatic rings. The van der Waals surface area contributed by atoms with Crippen molar-refractivity contribution in [3.05, 3.63) is 74.8 Å². The molecule has 0 bridgehead atoms. The highest BCUT2D eigenvalue weighted by atomic mass is 79.9. The molecule has 2 atom stereocenters. The number of carbonyl (C=O) groups is 2. The third kappa shape index (κ3) is 9.35. The number of halogens is 14. The number of allylic oxidation sites excluding steroid dienone is 1. The highest BCUT2D eigenvalue weighted by Gasteiger charge is 2.42. The summed E-state index contributed by atoms with van der Waals surface area (Å²) in [6.07, 6.45) is -20.7. The maximum absolute atomic E-state index is 14.9. The average Bonchev–Trinajstić information content (AvgIpc) is 2.82. The van der Waals surface area contributed by atoms with E-state index in [1.54, 1.807) is 5.32 Å². The Balaban J connectivity index is 2.46. The number of amides is 2. The van der Waals surface area contributed by atoms with Crippen molar-refractivity contribution in [2.24, 2.45) is 0 Å². The first-order valence-corrected chi connectivity index (χ1v) is 11.9. The molecule has 0 aliphatic carbocycles. The standard InChI is InChI=1S/C24H16BrF13N2O2/c1-10(19(41)39-9-21(27,28)29)40-20(42)13-4-2-12(6-16(13)24(36,37)38)18(26)8-15(23(33,34)35)11-3-5-14(17(25)7-11)22(30,31)32/h2-8,10,15H,9H2,1H3,(H,39,41)(H,40,42)/b18-8-. The summed E-state index contributed by atoms with van der Waals surface area (Å²) in [6.45, 7) is -0.951. The van der Waals surface area contributed by atoms with Gasteiger partial charge in [0.05, 0.1) is 16.7 Å². The van der Waals surface area contributed by atoms with Gasteiger partial charge in [0.2, 0.25) is 5.91 Å². The minimum absolute atomic E-state index is 0.0226. The maximum Gasteiger partial charge on any atom is 0.417 e. The van der Waals surface area contributed by atoms with E-state index in [0.717, 1.165) is 6.92 Å². The number of rotatable bonds is 7. The van der Waals surface area contributed by atoms with Gasteiger partial charge in [-0.2, -0.15) is 52.7 Å². The summed E-state index contributed by atoms with van der Waals surface area (Å²) in [5.41, 5.74) is -6.44. The van der Waals surface area contributed by atoms with E-state index in [1.807, 2.05) is 0 Å². The molecule has 0 saturated carbocycles. The molecule has 0 saturated heterocycles. The molecule has 42 heavy (non-hydrogen) atoms.